The maximum absolute atomic E-state index is 12.5. The lowest BCUT2D eigenvalue weighted by Crippen LogP contribution is -2.29. The van der Waals surface area contributed by atoms with Crippen LogP contribution in [0.2, 0.25) is 0 Å². The van der Waals surface area contributed by atoms with Gasteiger partial charge in [-0.25, -0.2) is 9.97 Å². The van der Waals surface area contributed by atoms with E-state index in [4.69, 9.17) is 9.15 Å². The molecule has 7 nitrogen and oxygen atoms in total. The van der Waals surface area contributed by atoms with Crippen LogP contribution in [0.5, 0.6) is 5.88 Å². The average Bonchev–Trinajstić information content (AvgIpc) is 3.14. The monoisotopic (exact) mass is 350 g/mol. The first-order valence-corrected chi connectivity index (χ1v) is 8.21. The number of hydrogen-bond acceptors (Lipinski definition) is 6. The summed E-state index contributed by atoms with van der Waals surface area (Å²) in [4.78, 5) is 21.5. The summed E-state index contributed by atoms with van der Waals surface area (Å²) in [7, 11) is 0. The Balaban J connectivity index is 1.93. The maximum atomic E-state index is 12.5. The minimum absolute atomic E-state index is 0.172. The molecule has 7 heteroatoms. The maximum Gasteiger partial charge on any atom is 0.244 e. The summed E-state index contributed by atoms with van der Waals surface area (Å²) in [5, 5.41) is 12.3. The SMILES string of the molecule is CC(C)Oc1nc2ccccc2nc1[C@@H](C#N)C(=O)NCc1ccco1. The number of carbonyl (C=O) groups excluding carboxylic acids is 1. The Labute approximate surface area is 150 Å². The molecular formula is C19H18N4O3. The molecule has 3 aromatic rings. The minimum atomic E-state index is -1.14. The number of nitriles is 1. The molecule has 0 radical (unpaired) electrons. The van der Waals surface area contributed by atoms with Gasteiger partial charge in [0.15, 0.2) is 5.92 Å². The van der Waals surface area contributed by atoms with Gasteiger partial charge in [-0.1, -0.05) is 12.1 Å². The second-order valence-electron chi connectivity index (χ2n) is 5.93. The van der Waals surface area contributed by atoms with Gasteiger partial charge < -0.3 is 14.5 Å². The van der Waals surface area contributed by atoms with E-state index in [0.717, 1.165) is 0 Å². The van der Waals surface area contributed by atoms with Crippen molar-refractivity contribution in [1.82, 2.24) is 15.3 Å². The first-order chi connectivity index (χ1) is 12.6. The van der Waals surface area contributed by atoms with E-state index in [2.05, 4.69) is 15.3 Å². The van der Waals surface area contributed by atoms with Crippen molar-refractivity contribution in [2.45, 2.75) is 32.4 Å². The molecule has 0 unspecified atom stereocenters. The molecule has 132 valence electrons. The van der Waals surface area contributed by atoms with Crippen LogP contribution in [-0.2, 0) is 11.3 Å². The van der Waals surface area contributed by atoms with Gasteiger partial charge in [-0.15, -0.1) is 0 Å². The van der Waals surface area contributed by atoms with E-state index in [1.807, 2.05) is 32.0 Å². The number of carbonyl (C=O) groups is 1. The van der Waals surface area contributed by atoms with Crippen molar-refractivity contribution >= 4 is 16.9 Å². The van der Waals surface area contributed by atoms with Crippen LogP contribution >= 0.6 is 0 Å². The molecule has 1 aromatic carbocycles. The first kappa shape index (κ1) is 17.4. The third kappa shape index (κ3) is 3.81. The highest BCUT2D eigenvalue weighted by molar-refractivity contribution is 5.87. The number of para-hydroxylation sites is 2. The molecule has 0 bridgehead atoms. The predicted octanol–water partition coefficient (Wildman–Crippen LogP) is 2.93. The highest BCUT2D eigenvalue weighted by Crippen LogP contribution is 2.27. The lowest BCUT2D eigenvalue weighted by atomic mass is 10.1. The fraction of sp³-hybridized carbons (Fsp3) is 0.263. The summed E-state index contributed by atoms with van der Waals surface area (Å²) in [5.41, 5.74) is 1.44. The van der Waals surface area contributed by atoms with Crippen molar-refractivity contribution < 1.29 is 13.9 Å². The first-order valence-electron chi connectivity index (χ1n) is 8.21. The lowest BCUT2D eigenvalue weighted by Gasteiger charge is -2.16. The highest BCUT2D eigenvalue weighted by atomic mass is 16.5. The van der Waals surface area contributed by atoms with E-state index >= 15 is 0 Å². The van der Waals surface area contributed by atoms with Gasteiger partial charge in [0.1, 0.15) is 11.5 Å². The molecule has 0 fully saturated rings. The molecule has 2 aromatic heterocycles. The number of aromatic nitrogens is 2. The van der Waals surface area contributed by atoms with E-state index < -0.39 is 11.8 Å². The summed E-state index contributed by atoms with van der Waals surface area (Å²) in [6, 6.07) is 12.7. The van der Waals surface area contributed by atoms with Gasteiger partial charge in [0.25, 0.3) is 0 Å². The third-order valence-electron chi connectivity index (χ3n) is 3.59. The van der Waals surface area contributed by atoms with E-state index in [1.54, 1.807) is 24.3 Å². The van der Waals surface area contributed by atoms with Crippen molar-refractivity contribution in [2.75, 3.05) is 0 Å². The number of nitrogens with one attached hydrogen (secondary N) is 1. The minimum Gasteiger partial charge on any atom is -0.474 e. The zero-order valence-corrected chi connectivity index (χ0v) is 14.5. The van der Waals surface area contributed by atoms with Crippen LogP contribution in [0.1, 0.15) is 31.2 Å². The van der Waals surface area contributed by atoms with Crippen molar-refractivity contribution in [3.63, 3.8) is 0 Å². The number of ether oxygens (including phenoxy) is 1. The van der Waals surface area contributed by atoms with Crippen LogP contribution in [-0.4, -0.2) is 22.0 Å². The highest BCUT2D eigenvalue weighted by Gasteiger charge is 2.27. The number of rotatable bonds is 6. The Morgan fingerprint density at radius 1 is 1.23 bits per heavy atom. The molecule has 0 aliphatic heterocycles. The van der Waals surface area contributed by atoms with Crippen LogP contribution in [0.3, 0.4) is 0 Å². The van der Waals surface area contributed by atoms with Crippen LogP contribution in [0, 0.1) is 11.3 Å². The second-order valence-corrected chi connectivity index (χ2v) is 5.93. The smallest absolute Gasteiger partial charge is 0.244 e. The van der Waals surface area contributed by atoms with Crippen molar-refractivity contribution in [3.05, 3.63) is 54.1 Å². The van der Waals surface area contributed by atoms with Gasteiger partial charge in [0.05, 0.1) is 36.0 Å². The van der Waals surface area contributed by atoms with Gasteiger partial charge in [-0.05, 0) is 38.1 Å². The van der Waals surface area contributed by atoms with E-state index in [1.165, 1.54) is 6.26 Å². The number of nitrogens with zero attached hydrogens (tertiary/aromatic N) is 3. The van der Waals surface area contributed by atoms with Gasteiger partial charge >= 0.3 is 0 Å². The second kappa shape index (κ2) is 7.66. The van der Waals surface area contributed by atoms with Gasteiger partial charge in [0, 0.05) is 0 Å². The number of fused-ring (bicyclic) bond motifs is 1. The molecule has 0 spiro atoms. The summed E-state index contributed by atoms with van der Waals surface area (Å²) in [5.74, 6) is -0.838. The zero-order valence-electron chi connectivity index (χ0n) is 14.5. The molecule has 1 atom stereocenters. The number of benzene rings is 1. The largest absolute Gasteiger partial charge is 0.474 e. The molecule has 0 aliphatic carbocycles. The molecule has 1 N–H and O–H groups in total. The van der Waals surface area contributed by atoms with Crippen molar-refractivity contribution in [2.24, 2.45) is 0 Å². The van der Waals surface area contributed by atoms with Gasteiger partial charge in [0.2, 0.25) is 11.8 Å². The average molecular weight is 350 g/mol. The molecule has 26 heavy (non-hydrogen) atoms. The van der Waals surface area contributed by atoms with E-state index in [9.17, 15) is 10.1 Å². The summed E-state index contributed by atoms with van der Waals surface area (Å²) in [6.07, 6.45) is 1.35. The quantitative estimate of drug-likeness (QED) is 0.733. The zero-order chi connectivity index (χ0) is 18.5. The fourth-order valence-corrected chi connectivity index (χ4v) is 2.43. The molecule has 0 aliphatic rings. The van der Waals surface area contributed by atoms with Crippen LogP contribution in [0.25, 0.3) is 11.0 Å². The van der Waals surface area contributed by atoms with Crippen molar-refractivity contribution in [1.29, 1.82) is 5.26 Å². The number of furan rings is 1. The Bertz CT molecular complexity index is 945. The standard InChI is InChI=1S/C19H18N4O3/c1-12(2)26-19-17(22-15-7-3-4-8-16(15)23-19)14(10-20)18(24)21-11-13-6-5-9-25-13/h3-9,12,14H,11H2,1-2H3,(H,21,24)/t14-/m1/s1. The molecule has 0 saturated heterocycles. The predicted molar refractivity (Wildman–Crippen MR) is 94.2 cm³/mol. The molecular weight excluding hydrogens is 332 g/mol. The van der Waals surface area contributed by atoms with Crippen LogP contribution in [0.4, 0.5) is 0 Å². The summed E-state index contributed by atoms with van der Waals surface area (Å²) in [6.45, 7) is 3.88. The Hall–Kier alpha value is -3.40. The van der Waals surface area contributed by atoms with Crippen molar-refractivity contribution in [3.8, 4) is 11.9 Å². The van der Waals surface area contributed by atoms with Gasteiger partial charge in [-0.3, -0.25) is 4.79 Å². The van der Waals surface area contributed by atoms with E-state index in [0.29, 0.717) is 16.8 Å². The van der Waals surface area contributed by atoms with Crippen LogP contribution < -0.4 is 10.1 Å². The molecule has 2 heterocycles. The third-order valence-corrected chi connectivity index (χ3v) is 3.59. The fourth-order valence-electron chi connectivity index (χ4n) is 2.43. The summed E-state index contributed by atoms with van der Waals surface area (Å²) >= 11 is 0. The molecule has 0 saturated carbocycles. The topological polar surface area (TPSA) is 101 Å². The van der Waals surface area contributed by atoms with Gasteiger partial charge in [-0.2, -0.15) is 5.26 Å². The molecule has 3 rings (SSSR count). The summed E-state index contributed by atoms with van der Waals surface area (Å²) < 4.78 is 10.9. The normalized spacial score (nSPS) is 11.9. The Morgan fingerprint density at radius 3 is 2.58 bits per heavy atom. The lowest BCUT2D eigenvalue weighted by molar-refractivity contribution is -0.121. The van der Waals surface area contributed by atoms with Crippen LogP contribution in [0.15, 0.2) is 47.1 Å². The molecule has 1 amide bonds. The Morgan fingerprint density at radius 2 is 1.96 bits per heavy atom. The Kier molecular flexibility index (Phi) is 5.13. The van der Waals surface area contributed by atoms with E-state index in [-0.39, 0.29) is 24.2 Å². The number of hydrogen-bond donors (Lipinski definition) is 1. The number of amides is 1.